The van der Waals surface area contributed by atoms with E-state index in [9.17, 15) is 0 Å². The molecule has 0 spiro atoms. The van der Waals surface area contributed by atoms with E-state index in [-0.39, 0.29) is 0 Å². The summed E-state index contributed by atoms with van der Waals surface area (Å²) in [5.41, 5.74) is 9.87. The number of thiazole rings is 1. The molecule has 0 radical (unpaired) electrons. The number of nitrogens with zero attached hydrogens (tertiary/aromatic N) is 1. The maximum absolute atomic E-state index is 5.56. The Morgan fingerprint density at radius 2 is 1.59 bits per heavy atom. The van der Waals surface area contributed by atoms with Gasteiger partial charge in [0.1, 0.15) is 5.01 Å². The van der Waals surface area contributed by atoms with Gasteiger partial charge in [0.25, 0.3) is 0 Å². The van der Waals surface area contributed by atoms with Crippen molar-refractivity contribution >= 4 is 27.2 Å². The molecule has 7 heteroatoms. The van der Waals surface area contributed by atoms with Crippen LogP contribution in [0.5, 0.6) is 0 Å². The Hall–Kier alpha value is -2.03. The lowest BCUT2D eigenvalue weighted by molar-refractivity contribution is 0.0179. The van der Waals surface area contributed by atoms with E-state index < -0.39 is 0 Å². The van der Waals surface area contributed by atoms with Crippen LogP contribution < -0.4 is 11.1 Å². The molecule has 0 saturated carbocycles. The van der Waals surface area contributed by atoms with Crippen LogP contribution in [0.15, 0.2) is 42.5 Å². The van der Waals surface area contributed by atoms with Crippen molar-refractivity contribution in [3.05, 3.63) is 48.0 Å². The Labute approximate surface area is 176 Å². The van der Waals surface area contributed by atoms with Crippen molar-refractivity contribution in [1.29, 1.82) is 0 Å². The van der Waals surface area contributed by atoms with Gasteiger partial charge in [-0.05, 0) is 48.9 Å². The largest absolute Gasteiger partial charge is 0.383 e. The third kappa shape index (κ3) is 7.06. The topological polar surface area (TPSA) is 78.6 Å². The number of aryl methyl sites for hydroxylation is 1. The summed E-state index contributed by atoms with van der Waals surface area (Å²) >= 11 is 1.73. The first-order valence-electron chi connectivity index (χ1n) is 9.91. The van der Waals surface area contributed by atoms with E-state index in [2.05, 4.69) is 54.7 Å². The van der Waals surface area contributed by atoms with Crippen LogP contribution in [0.4, 0.5) is 5.69 Å². The molecule has 0 atom stereocenters. The van der Waals surface area contributed by atoms with Gasteiger partial charge in [-0.1, -0.05) is 6.07 Å². The first kappa shape index (κ1) is 21.7. The number of hydrogen-bond acceptors (Lipinski definition) is 7. The average molecular weight is 416 g/mol. The summed E-state index contributed by atoms with van der Waals surface area (Å²) in [6.45, 7) is 6.90. The van der Waals surface area contributed by atoms with E-state index in [1.807, 2.05) is 0 Å². The summed E-state index contributed by atoms with van der Waals surface area (Å²) in [5, 5.41) is 4.42. The third-order valence-corrected chi connectivity index (χ3v) is 5.32. The number of fused-ring (bicyclic) bond motifs is 1. The highest BCUT2D eigenvalue weighted by atomic mass is 32.1. The average Bonchev–Trinajstić information content (AvgIpc) is 3.15. The molecular weight excluding hydrogens is 386 g/mol. The molecule has 2 aromatic carbocycles. The third-order valence-electron chi connectivity index (χ3n) is 4.26. The number of aromatic nitrogens is 1. The molecule has 1 heterocycles. The fraction of sp³-hybridized carbons (Fsp3) is 0.409. The number of ether oxygens (including phenoxy) is 3. The van der Waals surface area contributed by atoms with Gasteiger partial charge in [0.15, 0.2) is 0 Å². The number of rotatable bonds is 13. The maximum atomic E-state index is 5.56. The van der Waals surface area contributed by atoms with Gasteiger partial charge < -0.3 is 25.3 Å². The van der Waals surface area contributed by atoms with Gasteiger partial charge in [-0.15, -0.1) is 11.3 Å². The van der Waals surface area contributed by atoms with Gasteiger partial charge in [0.2, 0.25) is 0 Å². The van der Waals surface area contributed by atoms with Gasteiger partial charge >= 0.3 is 0 Å². The van der Waals surface area contributed by atoms with Crippen LogP contribution in [0, 0.1) is 6.92 Å². The number of anilines is 1. The van der Waals surface area contributed by atoms with E-state index in [0.29, 0.717) is 46.2 Å². The standard InChI is InChI=1S/C22H29N3O3S/c1-17-2-7-20-21(16-17)29-22(25-20)18-3-5-19(6-4-18)24-9-11-27-13-15-28-14-12-26-10-8-23/h2-7,16,24H,8-15,23H2,1H3. The Morgan fingerprint density at radius 1 is 0.897 bits per heavy atom. The summed E-state index contributed by atoms with van der Waals surface area (Å²) in [4.78, 5) is 4.74. The smallest absolute Gasteiger partial charge is 0.124 e. The molecule has 0 saturated heterocycles. The highest BCUT2D eigenvalue weighted by Gasteiger charge is 2.06. The molecule has 0 aliphatic rings. The molecule has 3 rings (SSSR count). The van der Waals surface area contributed by atoms with Crippen molar-refractivity contribution in [2.75, 3.05) is 58.0 Å². The molecule has 156 valence electrons. The number of nitrogens with two attached hydrogens (primary N) is 1. The van der Waals surface area contributed by atoms with Crippen LogP contribution in [0.2, 0.25) is 0 Å². The molecule has 0 aliphatic carbocycles. The van der Waals surface area contributed by atoms with Crippen LogP contribution in [-0.4, -0.2) is 57.7 Å². The summed E-state index contributed by atoms with van der Waals surface area (Å²) in [6, 6.07) is 14.7. The van der Waals surface area contributed by atoms with Crippen molar-refractivity contribution < 1.29 is 14.2 Å². The minimum Gasteiger partial charge on any atom is -0.383 e. The lowest BCUT2D eigenvalue weighted by Gasteiger charge is -2.08. The van der Waals surface area contributed by atoms with Crippen LogP contribution in [0.1, 0.15) is 5.56 Å². The Morgan fingerprint density at radius 3 is 2.31 bits per heavy atom. The predicted octanol–water partition coefficient (Wildman–Crippen LogP) is 3.69. The Balaban J connectivity index is 1.33. The van der Waals surface area contributed by atoms with Crippen molar-refractivity contribution in [3.63, 3.8) is 0 Å². The van der Waals surface area contributed by atoms with Gasteiger partial charge in [-0.25, -0.2) is 4.98 Å². The van der Waals surface area contributed by atoms with E-state index in [1.54, 1.807) is 11.3 Å². The lowest BCUT2D eigenvalue weighted by Crippen LogP contribution is -2.15. The van der Waals surface area contributed by atoms with Gasteiger partial charge in [0.05, 0.1) is 49.9 Å². The van der Waals surface area contributed by atoms with Gasteiger partial charge in [-0.2, -0.15) is 0 Å². The molecule has 6 nitrogen and oxygen atoms in total. The fourth-order valence-corrected chi connectivity index (χ4v) is 3.85. The fourth-order valence-electron chi connectivity index (χ4n) is 2.78. The molecule has 3 N–H and O–H groups in total. The molecule has 0 aliphatic heterocycles. The normalized spacial score (nSPS) is 11.2. The molecule has 0 fully saturated rings. The van der Waals surface area contributed by atoms with Crippen molar-refractivity contribution in [2.24, 2.45) is 5.73 Å². The summed E-state index contributed by atoms with van der Waals surface area (Å²) in [6.07, 6.45) is 0. The zero-order valence-corrected chi connectivity index (χ0v) is 17.7. The molecule has 29 heavy (non-hydrogen) atoms. The van der Waals surface area contributed by atoms with Crippen LogP contribution in [0.3, 0.4) is 0 Å². The van der Waals surface area contributed by atoms with E-state index in [1.165, 1.54) is 10.3 Å². The Bertz CT molecular complexity index is 867. The number of hydrogen-bond donors (Lipinski definition) is 2. The highest BCUT2D eigenvalue weighted by molar-refractivity contribution is 7.21. The summed E-state index contributed by atoms with van der Waals surface area (Å²) in [7, 11) is 0. The van der Waals surface area contributed by atoms with Gasteiger partial charge in [-0.3, -0.25) is 0 Å². The molecule has 0 bridgehead atoms. The first-order chi connectivity index (χ1) is 14.3. The zero-order valence-electron chi connectivity index (χ0n) is 16.9. The van der Waals surface area contributed by atoms with E-state index in [4.69, 9.17) is 24.9 Å². The van der Waals surface area contributed by atoms with Crippen molar-refractivity contribution in [3.8, 4) is 10.6 Å². The highest BCUT2D eigenvalue weighted by Crippen LogP contribution is 2.31. The van der Waals surface area contributed by atoms with Gasteiger partial charge in [0, 0.05) is 24.3 Å². The first-order valence-corrected chi connectivity index (χ1v) is 10.7. The second kappa shape index (κ2) is 11.8. The molecular formula is C22H29N3O3S. The monoisotopic (exact) mass is 415 g/mol. The predicted molar refractivity (Wildman–Crippen MR) is 120 cm³/mol. The number of benzene rings is 2. The quantitative estimate of drug-likeness (QED) is 0.415. The molecule has 3 aromatic rings. The van der Waals surface area contributed by atoms with Crippen molar-refractivity contribution in [2.45, 2.75) is 6.92 Å². The minimum atomic E-state index is 0.542. The summed E-state index contributed by atoms with van der Waals surface area (Å²) < 4.78 is 17.4. The maximum Gasteiger partial charge on any atom is 0.124 e. The molecule has 1 aromatic heterocycles. The van der Waals surface area contributed by atoms with Crippen LogP contribution in [-0.2, 0) is 14.2 Å². The van der Waals surface area contributed by atoms with E-state index in [0.717, 1.165) is 28.3 Å². The second-order valence-electron chi connectivity index (χ2n) is 6.62. The lowest BCUT2D eigenvalue weighted by atomic mass is 10.2. The zero-order chi connectivity index (χ0) is 20.3. The summed E-state index contributed by atoms with van der Waals surface area (Å²) in [5.74, 6) is 0. The Kier molecular flexibility index (Phi) is 8.85. The van der Waals surface area contributed by atoms with E-state index >= 15 is 0 Å². The SMILES string of the molecule is Cc1ccc2nc(-c3ccc(NCCOCCOCCOCCN)cc3)sc2c1. The van der Waals surface area contributed by atoms with Crippen molar-refractivity contribution in [1.82, 2.24) is 4.98 Å². The minimum absolute atomic E-state index is 0.542. The molecule has 0 unspecified atom stereocenters. The number of nitrogens with one attached hydrogen (secondary N) is 1. The molecule has 0 amide bonds. The van der Waals surface area contributed by atoms with Crippen LogP contribution in [0.25, 0.3) is 20.8 Å². The van der Waals surface area contributed by atoms with Crippen LogP contribution >= 0.6 is 11.3 Å². The second-order valence-corrected chi connectivity index (χ2v) is 7.65.